The Morgan fingerprint density at radius 3 is 2.71 bits per heavy atom. The molecule has 1 heterocycles. The van der Waals surface area contributed by atoms with Crippen molar-refractivity contribution in [2.45, 2.75) is 12.8 Å². The summed E-state index contributed by atoms with van der Waals surface area (Å²) >= 11 is 5.05. The van der Waals surface area contributed by atoms with Gasteiger partial charge in [0, 0.05) is 22.9 Å². The molecule has 0 amide bonds. The number of hydrogen-bond donors (Lipinski definition) is 0. The summed E-state index contributed by atoms with van der Waals surface area (Å²) in [6.07, 6.45) is 2.33. The molecule has 1 aliphatic heterocycles. The molecule has 0 saturated heterocycles. The molecule has 1 aliphatic rings. The number of Topliss-reactive ketones (excluding diaryl/α,β-unsaturated/α-hetero) is 1. The van der Waals surface area contributed by atoms with Gasteiger partial charge in [0.2, 0.25) is 5.04 Å². The molecule has 0 aromatic heterocycles. The van der Waals surface area contributed by atoms with Crippen LogP contribution in [-0.2, 0) is 0 Å². The van der Waals surface area contributed by atoms with Crippen molar-refractivity contribution >= 4 is 38.5 Å². The lowest BCUT2D eigenvalue weighted by molar-refractivity contribution is -0.486. The maximum Gasteiger partial charge on any atom is 0.211 e. The van der Waals surface area contributed by atoms with Crippen LogP contribution in [-0.4, -0.2) is 34.7 Å². The first-order valence-corrected chi connectivity index (χ1v) is 7.43. The third-order valence-electron chi connectivity index (χ3n) is 2.85. The molecule has 0 aliphatic carbocycles. The van der Waals surface area contributed by atoms with Crippen molar-refractivity contribution in [2.24, 2.45) is 0 Å². The average Bonchev–Trinajstić information content (AvgIpc) is 2.73. The van der Waals surface area contributed by atoms with Crippen LogP contribution >= 0.6 is 27.7 Å². The van der Waals surface area contributed by atoms with Crippen LogP contribution in [0.15, 0.2) is 28.7 Å². The van der Waals surface area contributed by atoms with Crippen molar-refractivity contribution in [1.82, 2.24) is 0 Å². The third kappa shape index (κ3) is 3.42. The van der Waals surface area contributed by atoms with Crippen molar-refractivity contribution in [2.75, 3.05) is 19.3 Å². The fourth-order valence-electron chi connectivity index (χ4n) is 1.83. The number of thioether (sulfide) groups is 1. The fourth-order valence-corrected chi connectivity index (χ4v) is 3.16. The van der Waals surface area contributed by atoms with E-state index < -0.39 is 0 Å². The molecular formula is C13H15BrNOS+. The van der Waals surface area contributed by atoms with Gasteiger partial charge < -0.3 is 0 Å². The van der Waals surface area contributed by atoms with Gasteiger partial charge in [0.05, 0.1) is 5.75 Å². The van der Waals surface area contributed by atoms with E-state index in [0.29, 0.717) is 5.75 Å². The van der Waals surface area contributed by atoms with Gasteiger partial charge in [-0.15, -0.1) is 0 Å². The van der Waals surface area contributed by atoms with Gasteiger partial charge in [0.1, 0.15) is 13.6 Å². The molecule has 0 spiro atoms. The Kier molecular flexibility index (Phi) is 4.40. The Balaban J connectivity index is 1.93. The fraction of sp³-hybridized carbons (Fsp3) is 0.385. The zero-order chi connectivity index (χ0) is 12.3. The van der Waals surface area contributed by atoms with Crippen molar-refractivity contribution in [1.29, 1.82) is 0 Å². The summed E-state index contributed by atoms with van der Waals surface area (Å²) in [5, 5.41) is 1.34. The lowest BCUT2D eigenvalue weighted by atomic mass is 10.2. The maximum absolute atomic E-state index is 12.0. The SMILES string of the molecule is C[N+]1=C(SCC(=O)c2ccc(Br)cc2)CCC1. The van der Waals surface area contributed by atoms with Crippen LogP contribution < -0.4 is 0 Å². The Morgan fingerprint density at radius 1 is 1.41 bits per heavy atom. The number of halogens is 1. The van der Waals surface area contributed by atoms with E-state index in [-0.39, 0.29) is 5.78 Å². The molecule has 2 nitrogen and oxygen atoms in total. The minimum Gasteiger partial charge on any atom is -0.293 e. The number of benzene rings is 1. The van der Waals surface area contributed by atoms with Crippen molar-refractivity contribution in [3.8, 4) is 0 Å². The summed E-state index contributed by atoms with van der Waals surface area (Å²) in [5.41, 5.74) is 0.793. The third-order valence-corrected chi connectivity index (χ3v) is 4.63. The van der Waals surface area contributed by atoms with Crippen LogP contribution in [0.5, 0.6) is 0 Å². The van der Waals surface area contributed by atoms with Crippen LogP contribution in [0, 0.1) is 0 Å². The predicted octanol–water partition coefficient (Wildman–Crippen LogP) is 3.20. The van der Waals surface area contributed by atoms with Gasteiger partial charge in [-0.05, 0) is 12.1 Å². The van der Waals surface area contributed by atoms with E-state index in [1.807, 2.05) is 24.3 Å². The largest absolute Gasteiger partial charge is 0.293 e. The second-order valence-electron chi connectivity index (χ2n) is 4.14. The molecule has 17 heavy (non-hydrogen) atoms. The molecule has 0 radical (unpaired) electrons. The van der Waals surface area contributed by atoms with Gasteiger partial charge in [0.25, 0.3) is 0 Å². The van der Waals surface area contributed by atoms with Crippen LogP contribution in [0.1, 0.15) is 23.2 Å². The normalized spacial score (nSPS) is 15.4. The molecule has 0 bridgehead atoms. The molecule has 0 saturated carbocycles. The predicted molar refractivity (Wildman–Crippen MR) is 76.2 cm³/mol. The number of ketones is 1. The molecule has 0 N–H and O–H groups in total. The summed E-state index contributed by atoms with van der Waals surface area (Å²) in [6, 6.07) is 7.56. The molecule has 2 rings (SSSR count). The molecule has 90 valence electrons. The molecule has 0 atom stereocenters. The number of nitrogens with zero attached hydrogens (tertiary/aromatic N) is 1. The Labute approximate surface area is 114 Å². The van der Waals surface area contributed by atoms with Gasteiger partial charge in [-0.1, -0.05) is 39.8 Å². The van der Waals surface area contributed by atoms with Crippen LogP contribution in [0.2, 0.25) is 0 Å². The Hall–Kier alpha value is -0.610. The standard InChI is InChI=1S/C13H15BrNOS/c1-15-8-2-3-13(15)17-9-12(16)10-4-6-11(14)7-5-10/h4-7H,2-3,8-9H2,1H3/q+1. The summed E-state index contributed by atoms with van der Waals surface area (Å²) in [6.45, 7) is 1.12. The number of rotatable bonds is 3. The highest BCUT2D eigenvalue weighted by molar-refractivity contribution is 9.10. The van der Waals surface area contributed by atoms with E-state index in [2.05, 4.69) is 27.6 Å². The highest BCUT2D eigenvalue weighted by Gasteiger charge is 2.20. The van der Waals surface area contributed by atoms with Gasteiger partial charge in [0.15, 0.2) is 5.78 Å². The summed E-state index contributed by atoms with van der Waals surface area (Å²) in [5.74, 6) is 0.747. The van der Waals surface area contributed by atoms with Gasteiger partial charge >= 0.3 is 0 Å². The number of hydrogen-bond acceptors (Lipinski definition) is 2. The first-order valence-electron chi connectivity index (χ1n) is 5.65. The van der Waals surface area contributed by atoms with Crippen LogP contribution in [0.4, 0.5) is 0 Å². The van der Waals surface area contributed by atoms with Gasteiger partial charge in [-0.25, -0.2) is 4.58 Å². The molecule has 1 aromatic rings. The lowest BCUT2D eigenvalue weighted by Gasteiger charge is -2.00. The van der Waals surface area contributed by atoms with E-state index in [4.69, 9.17) is 0 Å². The second-order valence-corrected chi connectivity index (χ2v) is 6.10. The van der Waals surface area contributed by atoms with E-state index in [1.54, 1.807) is 11.8 Å². The first kappa shape index (κ1) is 12.8. The number of carbonyl (C=O) groups excluding carboxylic acids is 1. The quantitative estimate of drug-likeness (QED) is 0.631. The minimum atomic E-state index is 0.204. The average molecular weight is 313 g/mol. The first-order chi connectivity index (χ1) is 8.16. The highest BCUT2D eigenvalue weighted by atomic mass is 79.9. The summed E-state index contributed by atoms with van der Waals surface area (Å²) < 4.78 is 3.26. The molecule has 4 heteroatoms. The van der Waals surface area contributed by atoms with Crippen molar-refractivity contribution in [3.05, 3.63) is 34.3 Å². The van der Waals surface area contributed by atoms with Crippen LogP contribution in [0.25, 0.3) is 0 Å². The van der Waals surface area contributed by atoms with E-state index in [9.17, 15) is 4.79 Å². The van der Waals surface area contributed by atoms with Crippen molar-refractivity contribution < 1.29 is 9.37 Å². The Bertz CT molecular complexity index is 453. The molecule has 1 aromatic carbocycles. The molecule has 0 unspecified atom stereocenters. The number of carbonyl (C=O) groups is 1. The molecule has 0 fully saturated rings. The monoisotopic (exact) mass is 312 g/mol. The smallest absolute Gasteiger partial charge is 0.211 e. The topological polar surface area (TPSA) is 20.1 Å². The second kappa shape index (κ2) is 5.83. The van der Waals surface area contributed by atoms with E-state index >= 15 is 0 Å². The van der Waals surface area contributed by atoms with Crippen molar-refractivity contribution in [3.63, 3.8) is 0 Å². The zero-order valence-corrected chi connectivity index (χ0v) is 12.2. The summed E-state index contributed by atoms with van der Waals surface area (Å²) in [4.78, 5) is 12.0. The highest BCUT2D eigenvalue weighted by Crippen LogP contribution is 2.17. The van der Waals surface area contributed by atoms with Gasteiger partial charge in [-0.2, -0.15) is 0 Å². The summed E-state index contributed by atoms with van der Waals surface area (Å²) in [7, 11) is 2.10. The van der Waals surface area contributed by atoms with E-state index in [0.717, 1.165) is 23.0 Å². The molecular weight excluding hydrogens is 298 g/mol. The van der Waals surface area contributed by atoms with Gasteiger partial charge in [-0.3, -0.25) is 4.79 Å². The van der Waals surface area contributed by atoms with E-state index in [1.165, 1.54) is 11.5 Å². The lowest BCUT2D eigenvalue weighted by Crippen LogP contribution is -2.10. The van der Waals surface area contributed by atoms with Crippen LogP contribution in [0.3, 0.4) is 0 Å². The zero-order valence-electron chi connectivity index (χ0n) is 9.78. The Morgan fingerprint density at radius 2 is 2.12 bits per heavy atom. The minimum absolute atomic E-state index is 0.204. The maximum atomic E-state index is 12.0.